The molecule has 3 aliphatic rings. The van der Waals surface area contributed by atoms with Crippen LogP contribution in [0.25, 0.3) is 0 Å². The number of aryl methyl sites for hydroxylation is 1. The Morgan fingerprint density at radius 2 is 1.70 bits per heavy atom. The van der Waals surface area contributed by atoms with Crippen LogP contribution < -0.4 is 4.74 Å². The molecule has 1 saturated carbocycles. The lowest BCUT2D eigenvalue weighted by Gasteiger charge is -2.43. The second kappa shape index (κ2) is 11.6. The Balaban J connectivity index is 1.34. The Hall–Kier alpha value is -3.43. The minimum Gasteiger partial charge on any atom is -0.489 e. The first-order valence-corrected chi connectivity index (χ1v) is 16.5. The number of rotatable bonds is 7. The van der Waals surface area contributed by atoms with E-state index in [1.807, 2.05) is 6.07 Å². The number of carboxylic acid groups (broad SMARTS) is 1. The van der Waals surface area contributed by atoms with Crippen LogP contribution in [0.4, 0.5) is 4.39 Å². The van der Waals surface area contributed by atoms with Crippen LogP contribution in [-0.2, 0) is 37.2 Å². The zero-order valence-electron chi connectivity index (χ0n) is 23.5. The third-order valence-electron chi connectivity index (χ3n) is 9.54. The Morgan fingerprint density at radius 1 is 0.977 bits per heavy atom. The first-order chi connectivity index (χ1) is 20.6. The molecule has 0 unspecified atom stereocenters. The van der Waals surface area contributed by atoms with Gasteiger partial charge in [0, 0.05) is 18.0 Å². The lowest BCUT2D eigenvalue weighted by Crippen LogP contribution is -2.53. The predicted molar refractivity (Wildman–Crippen MR) is 159 cm³/mol. The second-order valence-electron chi connectivity index (χ2n) is 11.7. The highest BCUT2D eigenvalue weighted by molar-refractivity contribution is 7.92. The maximum atomic E-state index is 14.6. The molecule has 0 aromatic heterocycles. The second-order valence-corrected chi connectivity index (χ2v) is 14.4. The molecule has 0 radical (unpaired) electrons. The number of nitrogens with zero attached hydrogens (tertiary/aromatic N) is 1. The Labute approximate surface area is 255 Å². The number of fused-ring (bicyclic) bond motifs is 3. The van der Waals surface area contributed by atoms with Crippen molar-refractivity contribution in [3.8, 4) is 5.75 Å². The summed E-state index contributed by atoms with van der Waals surface area (Å²) in [7, 11) is -3.95. The molecular formula is C33H33ClFNO6S. The summed E-state index contributed by atoms with van der Waals surface area (Å²) in [6, 6.07) is 17.6. The molecular weight excluding hydrogens is 593 g/mol. The largest absolute Gasteiger partial charge is 0.489 e. The summed E-state index contributed by atoms with van der Waals surface area (Å²) in [6.07, 6.45) is 3.12. The third kappa shape index (κ3) is 5.10. The number of likely N-dealkylation sites (tertiary alicyclic amines) is 1. The lowest BCUT2D eigenvalue weighted by atomic mass is 9.77. The van der Waals surface area contributed by atoms with E-state index < -0.39 is 38.3 Å². The van der Waals surface area contributed by atoms with Gasteiger partial charge in [0.15, 0.2) is 9.84 Å². The van der Waals surface area contributed by atoms with Crippen LogP contribution in [-0.4, -0.2) is 42.9 Å². The molecule has 1 saturated heterocycles. The minimum atomic E-state index is -3.95. The first-order valence-electron chi connectivity index (χ1n) is 14.7. The highest BCUT2D eigenvalue weighted by Crippen LogP contribution is 2.53. The number of carbonyl (C=O) groups excluding carboxylic acids is 1. The van der Waals surface area contributed by atoms with Crippen LogP contribution >= 0.6 is 11.6 Å². The number of carbonyl (C=O) groups is 2. The van der Waals surface area contributed by atoms with Crippen molar-refractivity contribution in [3.63, 3.8) is 0 Å². The molecule has 0 bridgehead atoms. The van der Waals surface area contributed by atoms with Crippen LogP contribution in [0.1, 0.15) is 55.2 Å². The number of carboxylic acids is 1. The van der Waals surface area contributed by atoms with E-state index in [0.29, 0.717) is 56.4 Å². The molecule has 3 aromatic carbocycles. The number of benzene rings is 3. The van der Waals surface area contributed by atoms with Crippen molar-refractivity contribution in [2.75, 3.05) is 6.54 Å². The number of ether oxygens (including phenoxy) is 1. The summed E-state index contributed by atoms with van der Waals surface area (Å²) in [5.74, 6) is -1.65. The average molecular weight is 626 g/mol. The standard InChI is InChI=1S/C33H33ClFNO6S/c34-28-7-4-8-29(35)26(28)20-42-24-14-15-27-23(19-24)13-16-30-33(27,43(40,41)25-5-2-1-3-6-25)17-18-36(30)31(37)21-9-11-22(12-10-21)32(38)39/h1-8,14-15,19,21-22,30H,9-13,16-18,20H2,(H,38,39)/t21?,22?,30-,33-/m1/s1. The van der Waals surface area contributed by atoms with Crippen molar-refractivity contribution in [1.29, 1.82) is 0 Å². The van der Waals surface area contributed by atoms with Gasteiger partial charge in [-0.05, 0) is 92.5 Å². The number of sulfone groups is 1. The number of aliphatic carboxylic acids is 1. The molecule has 226 valence electrons. The molecule has 1 heterocycles. The molecule has 1 N–H and O–H groups in total. The number of hydrogen-bond acceptors (Lipinski definition) is 5. The quantitative estimate of drug-likeness (QED) is 0.337. The van der Waals surface area contributed by atoms with Crippen molar-refractivity contribution >= 4 is 33.3 Å². The van der Waals surface area contributed by atoms with Gasteiger partial charge < -0.3 is 14.7 Å². The third-order valence-corrected chi connectivity index (χ3v) is 12.4. The van der Waals surface area contributed by atoms with E-state index in [1.54, 1.807) is 53.4 Å². The van der Waals surface area contributed by atoms with Crippen LogP contribution in [0.2, 0.25) is 5.02 Å². The van der Waals surface area contributed by atoms with E-state index >= 15 is 0 Å². The van der Waals surface area contributed by atoms with Crippen molar-refractivity contribution < 1.29 is 32.2 Å². The van der Waals surface area contributed by atoms with E-state index in [2.05, 4.69) is 0 Å². The Kier molecular flexibility index (Phi) is 7.98. The zero-order valence-corrected chi connectivity index (χ0v) is 25.1. The molecule has 0 spiro atoms. The molecule has 1 aliphatic heterocycles. The Morgan fingerprint density at radius 3 is 2.40 bits per heavy atom. The highest BCUT2D eigenvalue weighted by atomic mass is 35.5. The molecule has 2 fully saturated rings. The van der Waals surface area contributed by atoms with Gasteiger partial charge in [0.1, 0.15) is 22.9 Å². The molecule has 2 atom stereocenters. The molecule has 2 aliphatic carbocycles. The monoisotopic (exact) mass is 625 g/mol. The molecule has 3 aromatic rings. The number of hydrogen-bond donors (Lipinski definition) is 1. The fourth-order valence-corrected chi connectivity index (χ4v) is 9.92. The summed E-state index contributed by atoms with van der Waals surface area (Å²) >= 11 is 6.17. The van der Waals surface area contributed by atoms with Crippen LogP contribution in [0.5, 0.6) is 5.75 Å². The Bertz CT molecular complexity index is 1640. The summed E-state index contributed by atoms with van der Waals surface area (Å²) in [5.41, 5.74) is 1.73. The molecule has 10 heteroatoms. The lowest BCUT2D eigenvalue weighted by molar-refractivity contribution is -0.146. The van der Waals surface area contributed by atoms with Gasteiger partial charge in [0.25, 0.3) is 0 Å². The maximum Gasteiger partial charge on any atom is 0.306 e. The van der Waals surface area contributed by atoms with Crippen molar-refractivity contribution in [2.24, 2.45) is 11.8 Å². The predicted octanol–water partition coefficient (Wildman–Crippen LogP) is 6.17. The van der Waals surface area contributed by atoms with Gasteiger partial charge in [-0.2, -0.15) is 0 Å². The van der Waals surface area contributed by atoms with Gasteiger partial charge in [-0.25, -0.2) is 12.8 Å². The van der Waals surface area contributed by atoms with Crippen LogP contribution in [0.15, 0.2) is 71.6 Å². The summed E-state index contributed by atoms with van der Waals surface area (Å²) < 4.78 is 48.1. The maximum absolute atomic E-state index is 14.6. The van der Waals surface area contributed by atoms with E-state index in [4.69, 9.17) is 16.3 Å². The molecule has 6 rings (SSSR count). The zero-order chi connectivity index (χ0) is 30.4. The van der Waals surface area contributed by atoms with Gasteiger partial charge >= 0.3 is 5.97 Å². The van der Waals surface area contributed by atoms with Crippen molar-refractivity contribution in [2.45, 2.75) is 67.2 Å². The van der Waals surface area contributed by atoms with Gasteiger partial charge in [-0.3, -0.25) is 9.59 Å². The van der Waals surface area contributed by atoms with Crippen molar-refractivity contribution in [3.05, 3.63) is 94.3 Å². The molecule has 7 nitrogen and oxygen atoms in total. The normalized spacial score (nSPS) is 25.1. The van der Waals surface area contributed by atoms with Crippen LogP contribution in [0.3, 0.4) is 0 Å². The minimum absolute atomic E-state index is 0.0766. The van der Waals surface area contributed by atoms with Gasteiger partial charge in [-0.15, -0.1) is 0 Å². The van der Waals surface area contributed by atoms with Gasteiger partial charge in [0.05, 0.1) is 21.9 Å². The van der Waals surface area contributed by atoms with E-state index in [0.717, 1.165) is 5.56 Å². The van der Waals surface area contributed by atoms with Crippen molar-refractivity contribution in [1.82, 2.24) is 4.90 Å². The summed E-state index contributed by atoms with van der Waals surface area (Å²) in [6.45, 7) is 0.227. The first kappa shape index (κ1) is 29.6. The topological polar surface area (TPSA) is 101 Å². The van der Waals surface area contributed by atoms with E-state index in [1.165, 1.54) is 12.1 Å². The fraction of sp³-hybridized carbons (Fsp3) is 0.394. The van der Waals surface area contributed by atoms with Gasteiger partial charge in [-0.1, -0.05) is 41.9 Å². The van der Waals surface area contributed by atoms with E-state index in [9.17, 15) is 27.5 Å². The summed E-state index contributed by atoms with van der Waals surface area (Å²) in [5, 5.41) is 9.66. The SMILES string of the molecule is O=C(O)C1CCC(C(=O)N2CC[C@@]3(S(=O)(=O)c4ccccc4)c4ccc(OCc5c(F)cccc5Cl)cc4CC[C@@H]23)CC1. The highest BCUT2D eigenvalue weighted by Gasteiger charge is 2.61. The number of halogens is 2. The fourth-order valence-electron chi connectivity index (χ4n) is 7.32. The molecule has 1 amide bonds. The number of amides is 1. The summed E-state index contributed by atoms with van der Waals surface area (Å²) in [4.78, 5) is 27.3. The smallest absolute Gasteiger partial charge is 0.306 e. The molecule has 43 heavy (non-hydrogen) atoms. The van der Waals surface area contributed by atoms with Gasteiger partial charge in [0.2, 0.25) is 5.91 Å². The van der Waals surface area contributed by atoms with E-state index in [-0.39, 0.29) is 40.3 Å². The average Bonchev–Trinajstić information content (AvgIpc) is 3.42. The van der Waals surface area contributed by atoms with Crippen LogP contribution in [0, 0.1) is 17.7 Å².